The van der Waals surface area contributed by atoms with E-state index in [1.807, 2.05) is 13.8 Å². The van der Waals surface area contributed by atoms with E-state index in [1.165, 1.54) is 0 Å². The summed E-state index contributed by atoms with van der Waals surface area (Å²) in [6.07, 6.45) is 0. The number of fused-ring (bicyclic) bond motifs is 1. The van der Waals surface area contributed by atoms with Crippen molar-refractivity contribution >= 4 is 29.2 Å². The van der Waals surface area contributed by atoms with Gasteiger partial charge in [0.25, 0.3) is 15.9 Å². The quantitative estimate of drug-likeness (QED) is 0.631. The summed E-state index contributed by atoms with van der Waals surface area (Å²) < 4.78 is 36.8. The number of rotatable bonds is 0. The molecule has 0 unspecified atom stereocenters. The first-order chi connectivity index (χ1) is 7.85. The molecular formula is C10H11BFNO3S. The Kier molecular flexibility index (Phi) is 3.61. The highest BCUT2D eigenvalue weighted by atomic mass is 32.2. The van der Waals surface area contributed by atoms with Gasteiger partial charge in [-0.1, -0.05) is 19.3 Å². The second kappa shape index (κ2) is 4.48. The van der Waals surface area contributed by atoms with Crippen LogP contribution in [0.15, 0.2) is 17.0 Å². The van der Waals surface area contributed by atoms with Crippen LogP contribution in [0.25, 0.3) is 0 Å². The van der Waals surface area contributed by atoms with Gasteiger partial charge in [-0.2, -0.15) is 0 Å². The average Bonchev–Trinajstić information content (AvgIpc) is 2.46. The van der Waals surface area contributed by atoms with Gasteiger partial charge in [-0.3, -0.25) is 4.79 Å². The van der Waals surface area contributed by atoms with Crippen molar-refractivity contribution in [3.63, 3.8) is 0 Å². The molecule has 90 valence electrons. The summed E-state index contributed by atoms with van der Waals surface area (Å²) in [4.78, 5) is 11.2. The molecule has 0 spiro atoms. The molecule has 1 amide bonds. The third-order valence-corrected chi connectivity index (χ3v) is 4.03. The van der Waals surface area contributed by atoms with Crippen LogP contribution in [-0.4, -0.2) is 33.5 Å². The van der Waals surface area contributed by atoms with Gasteiger partial charge in [-0.25, -0.2) is 17.1 Å². The summed E-state index contributed by atoms with van der Waals surface area (Å²) in [6, 6.07) is 1.80. The van der Waals surface area contributed by atoms with E-state index in [9.17, 15) is 17.6 Å². The molecule has 2 rings (SSSR count). The summed E-state index contributed by atoms with van der Waals surface area (Å²) >= 11 is 0. The number of carbonyl (C=O) groups excluding carboxylic acids is 1. The maximum Gasteiger partial charge on any atom is 0.268 e. The highest BCUT2D eigenvalue weighted by Crippen LogP contribution is 2.28. The topological polar surface area (TPSA) is 54.5 Å². The summed E-state index contributed by atoms with van der Waals surface area (Å²) in [5.41, 5.74) is -0.468. The highest BCUT2D eigenvalue weighted by Gasteiger charge is 2.39. The molecule has 0 saturated carbocycles. The van der Waals surface area contributed by atoms with Crippen LogP contribution in [-0.2, 0) is 10.0 Å². The molecule has 0 atom stereocenters. The highest BCUT2D eigenvalue weighted by molar-refractivity contribution is 7.90. The zero-order valence-electron chi connectivity index (χ0n) is 9.69. The normalized spacial score (nSPS) is 16.2. The Morgan fingerprint density at radius 3 is 2.35 bits per heavy atom. The van der Waals surface area contributed by atoms with Gasteiger partial charge in [0.15, 0.2) is 0 Å². The molecule has 17 heavy (non-hydrogen) atoms. The van der Waals surface area contributed by atoms with Crippen molar-refractivity contribution in [3.8, 4) is 0 Å². The Balaban J connectivity index is 0.000000686. The fourth-order valence-electron chi connectivity index (χ4n) is 1.38. The zero-order valence-corrected chi connectivity index (χ0v) is 10.5. The summed E-state index contributed by atoms with van der Waals surface area (Å²) in [7, 11) is 2.52. The molecule has 2 radical (unpaired) electrons. The molecule has 1 aromatic carbocycles. The first kappa shape index (κ1) is 13.7. The number of hydrogen-bond donors (Lipinski definition) is 0. The van der Waals surface area contributed by atoms with Crippen molar-refractivity contribution in [2.75, 3.05) is 7.05 Å². The van der Waals surface area contributed by atoms with E-state index in [2.05, 4.69) is 0 Å². The largest absolute Gasteiger partial charge is 0.268 e. The van der Waals surface area contributed by atoms with Crippen LogP contribution in [0.5, 0.6) is 0 Å². The maximum absolute atomic E-state index is 13.0. The number of benzene rings is 1. The molecule has 1 aromatic rings. The number of nitrogens with zero attached hydrogens (tertiary/aromatic N) is 1. The van der Waals surface area contributed by atoms with Crippen LogP contribution in [0, 0.1) is 5.82 Å². The van der Waals surface area contributed by atoms with Crippen molar-refractivity contribution in [2.45, 2.75) is 18.7 Å². The molecule has 0 saturated heterocycles. The van der Waals surface area contributed by atoms with E-state index >= 15 is 0 Å². The minimum atomic E-state index is -3.84. The van der Waals surface area contributed by atoms with Crippen LogP contribution in [0.1, 0.15) is 24.2 Å². The number of sulfonamides is 1. The fraction of sp³-hybridized carbons (Fsp3) is 0.300. The molecule has 0 N–H and O–H groups in total. The summed E-state index contributed by atoms with van der Waals surface area (Å²) in [5.74, 6) is -1.54. The second-order valence-electron chi connectivity index (χ2n) is 3.15. The van der Waals surface area contributed by atoms with Gasteiger partial charge >= 0.3 is 0 Å². The molecule has 1 aliphatic heterocycles. The third kappa shape index (κ3) is 1.95. The van der Waals surface area contributed by atoms with E-state index in [4.69, 9.17) is 7.85 Å². The molecular weight excluding hydrogens is 244 g/mol. The van der Waals surface area contributed by atoms with Crippen LogP contribution in [0.4, 0.5) is 4.39 Å². The van der Waals surface area contributed by atoms with E-state index in [0.717, 1.165) is 19.2 Å². The molecule has 0 fully saturated rings. The summed E-state index contributed by atoms with van der Waals surface area (Å²) in [6.45, 7) is 4.00. The standard InChI is InChI=1S/C8H5BFNO3S.C2H6/c1-11-8(12)4-2-6(10)5(9)3-7(4)15(11,13)14;1-2/h2-3H,1H3;1-2H3. The Bertz CT molecular complexity index is 571. The average molecular weight is 255 g/mol. The zero-order chi connectivity index (χ0) is 13.4. The van der Waals surface area contributed by atoms with Crippen LogP contribution in [0.2, 0.25) is 0 Å². The predicted octanol–water partition coefficient (Wildman–Crippen LogP) is 0.420. The van der Waals surface area contributed by atoms with Crippen molar-refractivity contribution in [1.82, 2.24) is 4.31 Å². The lowest BCUT2D eigenvalue weighted by Gasteiger charge is -2.05. The van der Waals surface area contributed by atoms with Crippen LogP contribution in [0.3, 0.4) is 0 Å². The van der Waals surface area contributed by atoms with Crippen molar-refractivity contribution < 1.29 is 17.6 Å². The number of carbonyl (C=O) groups is 1. The first-order valence-corrected chi connectivity index (χ1v) is 6.42. The van der Waals surface area contributed by atoms with Crippen molar-refractivity contribution in [3.05, 3.63) is 23.5 Å². The Hall–Kier alpha value is -1.37. The maximum atomic E-state index is 13.0. The van der Waals surface area contributed by atoms with Gasteiger partial charge in [0, 0.05) is 7.05 Å². The van der Waals surface area contributed by atoms with Gasteiger partial charge in [-0.05, 0) is 12.1 Å². The van der Waals surface area contributed by atoms with Crippen molar-refractivity contribution in [2.24, 2.45) is 0 Å². The minimum Gasteiger partial charge on any atom is -0.268 e. The molecule has 0 bridgehead atoms. The Morgan fingerprint density at radius 2 is 1.82 bits per heavy atom. The van der Waals surface area contributed by atoms with E-state index in [1.54, 1.807) is 0 Å². The second-order valence-corrected chi connectivity index (χ2v) is 5.09. The lowest BCUT2D eigenvalue weighted by atomic mass is 9.94. The summed E-state index contributed by atoms with van der Waals surface area (Å²) in [5, 5.41) is 0. The van der Waals surface area contributed by atoms with Gasteiger partial charge in [0.1, 0.15) is 18.6 Å². The fourth-order valence-corrected chi connectivity index (χ4v) is 2.69. The van der Waals surface area contributed by atoms with Crippen LogP contribution >= 0.6 is 0 Å². The number of halogens is 1. The van der Waals surface area contributed by atoms with Gasteiger partial charge in [0.2, 0.25) is 0 Å². The van der Waals surface area contributed by atoms with Gasteiger partial charge in [-0.15, -0.1) is 0 Å². The lowest BCUT2D eigenvalue weighted by molar-refractivity contribution is 0.0891. The number of amides is 1. The minimum absolute atomic E-state index is 0.177. The molecule has 1 heterocycles. The van der Waals surface area contributed by atoms with Gasteiger partial charge < -0.3 is 0 Å². The molecule has 0 aromatic heterocycles. The van der Waals surface area contributed by atoms with E-state index in [0.29, 0.717) is 4.31 Å². The smallest absolute Gasteiger partial charge is 0.268 e. The molecule has 4 nitrogen and oxygen atoms in total. The van der Waals surface area contributed by atoms with Crippen molar-refractivity contribution in [1.29, 1.82) is 0 Å². The van der Waals surface area contributed by atoms with Gasteiger partial charge in [0.05, 0.1) is 5.56 Å². The Labute approximate surface area is 101 Å². The Morgan fingerprint density at radius 1 is 1.29 bits per heavy atom. The third-order valence-electron chi connectivity index (χ3n) is 2.25. The van der Waals surface area contributed by atoms with Crippen LogP contribution < -0.4 is 5.46 Å². The first-order valence-electron chi connectivity index (χ1n) is 4.98. The van der Waals surface area contributed by atoms with E-state index < -0.39 is 21.7 Å². The van der Waals surface area contributed by atoms with E-state index in [-0.39, 0.29) is 15.9 Å². The lowest BCUT2D eigenvalue weighted by Crippen LogP contribution is -2.24. The predicted molar refractivity (Wildman–Crippen MR) is 62.4 cm³/mol. The molecule has 0 aliphatic carbocycles. The monoisotopic (exact) mass is 255 g/mol. The molecule has 1 aliphatic rings. The molecule has 7 heteroatoms. The SMILES string of the molecule is CC.[B]c1cc2c(cc1F)C(=O)N(C)S2(=O)=O. The number of hydrogen-bond acceptors (Lipinski definition) is 3.